The van der Waals surface area contributed by atoms with Gasteiger partial charge >= 0.3 is 0 Å². The maximum atomic E-state index is 5.43. The van der Waals surface area contributed by atoms with Crippen molar-refractivity contribution in [2.24, 2.45) is 0 Å². The zero-order valence-corrected chi connectivity index (χ0v) is 37.1. The fourth-order valence-electron chi connectivity index (χ4n) is 9.76. The normalized spacial score (nSPS) is 12.5. The number of aromatic nitrogens is 4. The molecule has 0 saturated carbocycles. The second-order valence-electron chi connectivity index (χ2n) is 17.5. The number of hydrogen-bond donors (Lipinski definition) is 0. The number of nitrogens with zero attached hydrogens (tertiary/aromatic N) is 4. The van der Waals surface area contributed by atoms with Crippen LogP contribution in [0.25, 0.3) is 106 Å². The van der Waals surface area contributed by atoms with Crippen molar-refractivity contribution in [1.29, 1.82) is 0 Å². The van der Waals surface area contributed by atoms with Gasteiger partial charge in [-0.05, 0) is 61.5 Å². The molecule has 9 aromatic carbocycles. The highest BCUT2D eigenvalue weighted by Gasteiger charge is 2.35. The van der Waals surface area contributed by atoms with Crippen LogP contribution in [0, 0.1) is 0 Å². The lowest BCUT2D eigenvalue weighted by molar-refractivity contribution is 0.660. The second-order valence-corrected chi connectivity index (χ2v) is 17.5. The van der Waals surface area contributed by atoms with Gasteiger partial charge in [0.15, 0.2) is 11.6 Å². The number of hydrogen-bond acceptors (Lipinski definition) is 3. The highest BCUT2D eigenvalue weighted by molar-refractivity contribution is 6.21. The van der Waals surface area contributed by atoms with Crippen LogP contribution in [0.15, 0.2) is 206 Å². The van der Waals surface area contributed by atoms with E-state index in [1.165, 1.54) is 28.7 Å². The van der Waals surface area contributed by atoms with Gasteiger partial charge in [-0.15, -0.1) is 0 Å². The van der Waals surface area contributed by atoms with Gasteiger partial charge in [0.05, 0.1) is 11.0 Å². The molecule has 312 valence electrons. The third-order valence-corrected chi connectivity index (χ3v) is 12.9. The Hall–Kier alpha value is -7.95. The van der Waals surface area contributed by atoms with E-state index in [1.807, 2.05) is 12.1 Å². The predicted octanol–water partition coefficient (Wildman–Crippen LogP) is 16.2. The minimum absolute atomic E-state index is 0.0828. The van der Waals surface area contributed by atoms with Gasteiger partial charge in [-0.2, -0.15) is 9.97 Å². The Balaban J connectivity index is 0.00000152. The van der Waals surface area contributed by atoms with Crippen LogP contribution in [0.1, 0.15) is 45.2 Å². The van der Waals surface area contributed by atoms with Crippen molar-refractivity contribution in [1.82, 2.24) is 19.5 Å². The summed E-state index contributed by atoms with van der Waals surface area (Å²) in [6, 6.07) is 73.7. The van der Waals surface area contributed by atoms with Gasteiger partial charge in [-0.25, -0.2) is 4.98 Å². The molecule has 0 radical (unpaired) electrons. The fraction of sp³-hybridized carbons (Fsp3) is 0.0984. The molecule has 1 aliphatic carbocycles. The summed E-state index contributed by atoms with van der Waals surface area (Å²) >= 11 is 0. The largest absolute Gasteiger partial charge is 0.277 e. The lowest BCUT2D eigenvalue weighted by atomic mass is 9.82. The van der Waals surface area contributed by atoms with E-state index in [9.17, 15) is 0 Å². The molecule has 0 spiro atoms. The zero-order valence-electron chi connectivity index (χ0n) is 37.1. The maximum Gasteiger partial charge on any atom is 0.238 e. The third kappa shape index (κ3) is 6.90. The smallest absolute Gasteiger partial charge is 0.238 e. The number of rotatable bonds is 6. The second kappa shape index (κ2) is 16.3. The van der Waals surface area contributed by atoms with Gasteiger partial charge in [-0.3, -0.25) is 4.57 Å². The summed E-state index contributed by atoms with van der Waals surface area (Å²) in [7, 11) is 0. The summed E-state index contributed by atoms with van der Waals surface area (Å²) in [4.78, 5) is 16.1. The lowest BCUT2D eigenvalue weighted by Gasteiger charge is -2.21. The van der Waals surface area contributed by atoms with Crippen LogP contribution in [0.4, 0.5) is 0 Å². The summed E-state index contributed by atoms with van der Waals surface area (Å²) in [5, 5.41) is 4.59. The number of benzene rings is 9. The van der Waals surface area contributed by atoms with E-state index in [0.29, 0.717) is 17.6 Å². The monoisotopic (exact) mass is 836 g/mol. The standard InChI is InChI=1S/C58H40N4.C3H8/c1-58(2)51-23-12-11-20-47(51)50-36-44(33-35-52(50)58)46-21-13-22-48-49-34-32-41-18-9-10-19-45(41)53(49)62(54(46)48)57-60-55(42-28-24-39(25-29-42)37-14-5-3-6-15-37)59-56(61-57)43-30-26-40(27-31-43)38-16-7-4-8-17-38;1-3-2/h3-36H,1-2H3;3H2,1-2H3. The van der Waals surface area contributed by atoms with Crippen molar-refractivity contribution in [2.45, 2.75) is 39.5 Å². The van der Waals surface area contributed by atoms with Crippen LogP contribution in [-0.2, 0) is 5.41 Å². The van der Waals surface area contributed by atoms with Crippen LogP contribution >= 0.6 is 0 Å². The molecule has 12 rings (SSSR count). The molecule has 1 aliphatic rings. The van der Waals surface area contributed by atoms with Crippen LogP contribution in [0.3, 0.4) is 0 Å². The highest BCUT2D eigenvalue weighted by atomic mass is 15.2. The van der Waals surface area contributed by atoms with Gasteiger partial charge in [0.25, 0.3) is 0 Å². The zero-order chi connectivity index (χ0) is 44.1. The van der Waals surface area contributed by atoms with Crippen molar-refractivity contribution in [3.63, 3.8) is 0 Å². The Labute approximate surface area is 380 Å². The first-order chi connectivity index (χ1) is 31.9. The van der Waals surface area contributed by atoms with E-state index < -0.39 is 0 Å². The van der Waals surface area contributed by atoms with Gasteiger partial charge in [0.1, 0.15) is 0 Å². The summed E-state index contributed by atoms with van der Waals surface area (Å²) < 4.78 is 2.30. The molecule has 65 heavy (non-hydrogen) atoms. The Morgan fingerprint density at radius 2 is 0.846 bits per heavy atom. The lowest BCUT2D eigenvalue weighted by Crippen LogP contribution is -2.14. The molecule has 0 unspecified atom stereocenters. The van der Waals surface area contributed by atoms with Crippen molar-refractivity contribution in [3.05, 3.63) is 217 Å². The van der Waals surface area contributed by atoms with Gasteiger partial charge in [0, 0.05) is 38.3 Å². The molecule has 4 nitrogen and oxygen atoms in total. The van der Waals surface area contributed by atoms with Gasteiger partial charge in [-0.1, -0.05) is 234 Å². The Kier molecular flexibility index (Phi) is 10.0. The summed E-state index contributed by atoms with van der Waals surface area (Å²) in [6.45, 7) is 8.92. The third-order valence-electron chi connectivity index (χ3n) is 12.9. The van der Waals surface area contributed by atoms with Gasteiger partial charge < -0.3 is 0 Å². The molecule has 0 aliphatic heterocycles. The first kappa shape index (κ1) is 39.9. The molecular formula is C61H48N4. The number of para-hydroxylation sites is 1. The van der Waals surface area contributed by atoms with Crippen LogP contribution in [0.5, 0.6) is 0 Å². The van der Waals surface area contributed by atoms with Crippen molar-refractivity contribution >= 4 is 32.6 Å². The number of fused-ring (bicyclic) bond motifs is 8. The Morgan fingerprint density at radius 1 is 0.369 bits per heavy atom. The fourth-order valence-corrected chi connectivity index (χ4v) is 9.76. The van der Waals surface area contributed by atoms with Crippen LogP contribution in [-0.4, -0.2) is 19.5 Å². The van der Waals surface area contributed by atoms with E-state index in [1.54, 1.807) is 0 Å². The van der Waals surface area contributed by atoms with Crippen LogP contribution < -0.4 is 0 Å². The Bertz CT molecular complexity index is 3430. The first-order valence-corrected chi connectivity index (χ1v) is 22.7. The van der Waals surface area contributed by atoms with Gasteiger partial charge in [0.2, 0.25) is 5.95 Å². The molecular weight excluding hydrogens is 789 g/mol. The topological polar surface area (TPSA) is 43.6 Å². The quantitative estimate of drug-likeness (QED) is 0.168. The molecule has 2 heterocycles. The Morgan fingerprint density at radius 3 is 1.49 bits per heavy atom. The molecule has 0 atom stereocenters. The summed E-state index contributed by atoms with van der Waals surface area (Å²) in [5.74, 6) is 1.79. The first-order valence-electron chi connectivity index (χ1n) is 22.7. The van der Waals surface area contributed by atoms with Crippen molar-refractivity contribution in [3.8, 4) is 73.2 Å². The SMILES string of the molecule is CC1(C)c2ccccc2-c2cc(-c3cccc4c5ccc6ccccc6c5n(-c5nc(-c6ccc(-c7ccccc7)cc6)nc(-c6ccc(-c7ccccc7)cc6)n5)c34)ccc21.CCC. The minimum Gasteiger partial charge on any atom is -0.277 e. The predicted molar refractivity (Wildman–Crippen MR) is 272 cm³/mol. The van der Waals surface area contributed by atoms with E-state index >= 15 is 0 Å². The maximum absolute atomic E-state index is 5.43. The molecule has 0 fully saturated rings. The van der Waals surface area contributed by atoms with E-state index in [2.05, 4.69) is 226 Å². The van der Waals surface area contributed by atoms with Crippen molar-refractivity contribution in [2.75, 3.05) is 0 Å². The molecule has 2 aromatic heterocycles. The highest BCUT2D eigenvalue weighted by Crippen LogP contribution is 2.50. The summed E-state index contributed by atoms with van der Waals surface area (Å²) in [6.07, 6.45) is 1.25. The molecule has 0 N–H and O–H groups in total. The average Bonchev–Trinajstić information content (AvgIpc) is 3.83. The molecule has 0 amide bonds. The van der Waals surface area contributed by atoms with Crippen LogP contribution in [0.2, 0.25) is 0 Å². The van der Waals surface area contributed by atoms with E-state index in [4.69, 9.17) is 15.0 Å². The van der Waals surface area contributed by atoms with E-state index in [-0.39, 0.29) is 5.41 Å². The minimum atomic E-state index is -0.0828. The van der Waals surface area contributed by atoms with Crippen molar-refractivity contribution < 1.29 is 0 Å². The molecule has 0 bridgehead atoms. The van der Waals surface area contributed by atoms with E-state index in [0.717, 1.165) is 77.1 Å². The average molecular weight is 837 g/mol. The molecule has 11 aromatic rings. The summed E-state index contributed by atoms with van der Waals surface area (Å²) in [5.41, 5.74) is 16.1. The molecule has 4 heteroatoms. The molecule has 0 saturated heterocycles.